The number of rotatable bonds is 9. The van der Waals surface area contributed by atoms with E-state index in [2.05, 4.69) is 64.1 Å². The summed E-state index contributed by atoms with van der Waals surface area (Å²) in [5.74, 6) is 0. The molecule has 0 aliphatic carbocycles. The molecule has 0 aliphatic heterocycles. The van der Waals surface area contributed by atoms with E-state index in [1.807, 2.05) is 0 Å². The van der Waals surface area contributed by atoms with Crippen LogP contribution in [0, 0.1) is 0 Å². The summed E-state index contributed by atoms with van der Waals surface area (Å²) in [6.07, 6.45) is 3.90. The first-order valence-electron chi connectivity index (χ1n) is 7.09. The number of halogens is 1. The molecule has 0 aromatic rings. The first-order chi connectivity index (χ1) is 7.89. The molecule has 0 aliphatic rings. The summed E-state index contributed by atoms with van der Waals surface area (Å²) in [6, 6.07) is 0. The zero-order chi connectivity index (χ0) is 13.5. The minimum absolute atomic E-state index is 0.715. The Morgan fingerprint density at radius 2 is 1.29 bits per heavy atom. The monoisotopic (exact) mass is 370 g/mol. The number of hydrogen-bond acceptors (Lipinski definition) is 1. The van der Waals surface area contributed by atoms with E-state index >= 15 is 0 Å². The van der Waals surface area contributed by atoms with Gasteiger partial charge in [0.15, 0.2) is 8.32 Å². The van der Waals surface area contributed by atoms with Crippen LogP contribution in [0.25, 0.3) is 0 Å². The number of unbranched alkanes of at least 4 members (excludes halogenated alkanes) is 2. The molecular weight excluding hydrogens is 339 g/mol. The Bertz CT molecular complexity index is 171. The summed E-state index contributed by atoms with van der Waals surface area (Å²) < 4.78 is 7.77. The van der Waals surface area contributed by atoms with Gasteiger partial charge in [0.25, 0.3) is 0 Å². The van der Waals surface area contributed by atoms with Crippen molar-refractivity contribution in [1.82, 2.24) is 0 Å². The van der Waals surface area contributed by atoms with E-state index in [-0.39, 0.29) is 0 Å². The van der Waals surface area contributed by atoms with E-state index in [9.17, 15) is 0 Å². The van der Waals surface area contributed by atoms with E-state index in [1.54, 1.807) is 0 Å². The second-order valence-corrected chi connectivity index (χ2v) is 12.5. The van der Waals surface area contributed by atoms with Crippen LogP contribution in [0.1, 0.15) is 60.8 Å². The van der Waals surface area contributed by atoms with Crippen molar-refractivity contribution in [3.8, 4) is 0 Å². The van der Waals surface area contributed by atoms with Gasteiger partial charge in [0, 0.05) is 6.61 Å². The average Bonchev–Trinajstić information content (AvgIpc) is 2.21. The SMILES string of the molecule is CC(C)[Si](OCCCCCI)(C(C)C)C(C)C. The van der Waals surface area contributed by atoms with Gasteiger partial charge in [-0.3, -0.25) is 0 Å². The van der Waals surface area contributed by atoms with Crippen molar-refractivity contribution >= 4 is 30.9 Å². The van der Waals surface area contributed by atoms with Gasteiger partial charge in [-0.25, -0.2) is 0 Å². The van der Waals surface area contributed by atoms with Crippen LogP contribution in [0.5, 0.6) is 0 Å². The maximum Gasteiger partial charge on any atom is 0.200 e. The van der Waals surface area contributed by atoms with Crippen LogP contribution in [-0.2, 0) is 4.43 Å². The molecule has 0 radical (unpaired) electrons. The van der Waals surface area contributed by atoms with E-state index in [4.69, 9.17) is 4.43 Å². The predicted octanol–water partition coefficient (Wildman–Crippen LogP) is 5.78. The second-order valence-electron chi connectivity index (χ2n) is 5.92. The fraction of sp³-hybridized carbons (Fsp3) is 1.00. The zero-order valence-corrected chi connectivity index (χ0v) is 15.7. The highest BCUT2D eigenvalue weighted by atomic mass is 127. The largest absolute Gasteiger partial charge is 0.416 e. The molecule has 1 nitrogen and oxygen atoms in total. The Hall–Kier alpha value is 0.907. The molecular formula is C14H31IOSi. The van der Waals surface area contributed by atoms with Gasteiger partial charge in [-0.1, -0.05) is 70.6 Å². The van der Waals surface area contributed by atoms with Crippen LogP contribution >= 0.6 is 22.6 Å². The third-order valence-corrected chi connectivity index (χ3v) is 10.7. The summed E-state index contributed by atoms with van der Waals surface area (Å²) >= 11 is 2.46. The quantitative estimate of drug-likeness (QED) is 0.216. The van der Waals surface area contributed by atoms with Crippen LogP contribution in [0.4, 0.5) is 0 Å². The maximum absolute atomic E-state index is 6.50. The zero-order valence-electron chi connectivity index (χ0n) is 12.6. The molecule has 0 bridgehead atoms. The van der Waals surface area contributed by atoms with Crippen LogP contribution < -0.4 is 0 Å². The van der Waals surface area contributed by atoms with Crippen molar-refractivity contribution in [2.75, 3.05) is 11.0 Å². The Labute approximate surface area is 123 Å². The van der Waals surface area contributed by atoms with Crippen LogP contribution in [0.3, 0.4) is 0 Å². The molecule has 0 atom stereocenters. The molecule has 0 saturated carbocycles. The molecule has 0 rings (SSSR count). The lowest BCUT2D eigenvalue weighted by Crippen LogP contribution is -2.47. The van der Waals surface area contributed by atoms with Gasteiger partial charge in [0.1, 0.15) is 0 Å². The molecule has 0 fully saturated rings. The Balaban J connectivity index is 4.38. The first-order valence-corrected chi connectivity index (χ1v) is 10.8. The Morgan fingerprint density at radius 1 is 0.824 bits per heavy atom. The van der Waals surface area contributed by atoms with Gasteiger partial charge in [-0.15, -0.1) is 0 Å². The predicted molar refractivity (Wildman–Crippen MR) is 89.7 cm³/mol. The van der Waals surface area contributed by atoms with Gasteiger partial charge < -0.3 is 4.43 Å². The van der Waals surface area contributed by atoms with Crippen LogP contribution in [0.2, 0.25) is 16.6 Å². The van der Waals surface area contributed by atoms with Crippen molar-refractivity contribution in [3.63, 3.8) is 0 Å². The van der Waals surface area contributed by atoms with Gasteiger partial charge in [-0.05, 0) is 33.9 Å². The lowest BCUT2D eigenvalue weighted by atomic mass is 10.3. The van der Waals surface area contributed by atoms with E-state index in [1.165, 1.54) is 23.7 Å². The third kappa shape index (κ3) is 5.19. The summed E-state index contributed by atoms with van der Waals surface area (Å²) in [4.78, 5) is 0. The van der Waals surface area contributed by atoms with E-state index in [0.29, 0.717) is 16.6 Å². The van der Waals surface area contributed by atoms with Gasteiger partial charge >= 0.3 is 0 Å². The smallest absolute Gasteiger partial charge is 0.200 e. The minimum atomic E-state index is -1.59. The topological polar surface area (TPSA) is 9.23 Å². The van der Waals surface area contributed by atoms with Crippen LogP contribution in [0.15, 0.2) is 0 Å². The number of hydrogen-bond donors (Lipinski definition) is 0. The molecule has 0 heterocycles. The van der Waals surface area contributed by atoms with Gasteiger partial charge in [0.05, 0.1) is 0 Å². The van der Waals surface area contributed by atoms with Crippen molar-refractivity contribution in [1.29, 1.82) is 0 Å². The van der Waals surface area contributed by atoms with Crippen molar-refractivity contribution in [2.24, 2.45) is 0 Å². The van der Waals surface area contributed by atoms with Crippen molar-refractivity contribution in [3.05, 3.63) is 0 Å². The molecule has 0 spiro atoms. The normalized spacial score (nSPS) is 13.1. The molecule has 3 heteroatoms. The lowest BCUT2D eigenvalue weighted by molar-refractivity contribution is 0.269. The highest BCUT2D eigenvalue weighted by molar-refractivity contribution is 14.1. The fourth-order valence-electron chi connectivity index (χ4n) is 3.12. The molecule has 0 aromatic heterocycles. The van der Waals surface area contributed by atoms with Crippen molar-refractivity contribution < 1.29 is 4.43 Å². The van der Waals surface area contributed by atoms with Crippen LogP contribution in [-0.4, -0.2) is 19.4 Å². The molecule has 0 N–H and O–H groups in total. The summed E-state index contributed by atoms with van der Waals surface area (Å²) in [7, 11) is -1.59. The second kappa shape index (κ2) is 8.91. The van der Waals surface area contributed by atoms with Crippen molar-refractivity contribution in [2.45, 2.75) is 77.4 Å². The Morgan fingerprint density at radius 3 is 1.65 bits per heavy atom. The maximum atomic E-state index is 6.50. The molecule has 0 unspecified atom stereocenters. The lowest BCUT2D eigenvalue weighted by Gasteiger charge is -2.42. The summed E-state index contributed by atoms with van der Waals surface area (Å²) in [5.41, 5.74) is 2.14. The minimum Gasteiger partial charge on any atom is -0.416 e. The third-order valence-electron chi connectivity index (χ3n) is 3.84. The van der Waals surface area contributed by atoms with E-state index in [0.717, 1.165) is 6.61 Å². The molecule has 0 amide bonds. The fourth-order valence-corrected chi connectivity index (χ4v) is 9.16. The standard InChI is InChI=1S/C14H31IOSi/c1-12(2)17(13(3)4,14(5)6)16-11-9-7-8-10-15/h12-14H,7-11H2,1-6H3. The molecule has 0 saturated heterocycles. The highest BCUT2D eigenvalue weighted by Gasteiger charge is 2.44. The van der Waals surface area contributed by atoms with E-state index < -0.39 is 8.32 Å². The summed E-state index contributed by atoms with van der Waals surface area (Å²) in [6.45, 7) is 15.1. The average molecular weight is 370 g/mol. The first kappa shape index (κ1) is 17.9. The molecule has 0 aromatic carbocycles. The molecule has 104 valence electrons. The van der Waals surface area contributed by atoms with Gasteiger partial charge in [-0.2, -0.15) is 0 Å². The number of alkyl halides is 1. The Kier molecular flexibility index (Phi) is 9.39. The summed E-state index contributed by atoms with van der Waals surface area (Å²) in [5, 5.41) is 0. The molecule has 17 heavy (non-hydrogen) atoms. The van der Waals surface area contributed by atoms with Gasteiger partial charge in [0.2, 0.25) is 0 Å². The highest BCUT2D eigenvalue weighted by Crippen LogP contribution is 2.42.